The van der Waals surface area contributed by atoms with Crippen LogP contribution in [0.25, 0.3) is 0 Å². The van der Waals surface area contributed by atoms with Gasteiger partial charge in [-0.1, -0.05) is 36.4 Å². The molecule has 1 heterocycles. The quantitative estimate of drug-likeness (QED) is 0.694. The van der Waals surface area contributed by atoms with Crippen molar-refractivity contribution in [3.8, 4) is 5.75 Å². The molecule has 0 aliphatic rings. The van der Waals surface area contributed by atoms with Crippen molar-refractivity contribution < 1.29 is 9.53 Å². The molecule has 0 aliphatic heterocycles. The third kappa shape index (κ3) is 4.03. The molecule has 2 aromatic carbocycles. The number of carbonyl (C=O) groups excluding carboxylic acids is 1. The van der Waals surface area contributed by atoms with E-state index >= 15 is 0 Å². The van der Waals surface area contributed by atoms with E-state index < -0.39 is 0 Å². The minimum Gasteiger partial charge on any atom is -0.484 e. The maximum Gasteiger partial charge on any atom is 0.266 e. The number of aromatic nitrogens is 3. The van der Waals surface area contributed by atoms with Crippen LogP contribution >= 0.6 is 0 Å². The monoisotopic (exact) mass is 336 g/mol. The Morgan fingerprint density at radius 1 is 1.08 bits per heavy atom. The van der Waals surface area contributed by atoms with Crippen LogP contribution in [-0.2, 0) is 11.5 Å². The summed E-state index contributed by atoms with van der Waals surface area (Å²) in [6, 6.07) is 15.3. The zero-order valence-corrected chi connectivity index (χ0v) is 14.3. The van der Waals surface area contributed by atoms with Crippen molar-refractivity contribution in [1.82, 2.24) is 14.8 Å². The molecule has 0 bridgehead atoms. The molecule has 0 N–H and O–H groups in total. The van der Waals surface area contributed by atoms with Crippen LogP contribution in [0.3, 0.4) is 0 Å². The highest BCUT2D eigenvalue weighted by atomic mass is 16.5. The summed E-state index contributed by atoms with van der Waals surface area (Å²) in [6.07, 6.45) is 3.04. The topological polar surface area (TPSA) is 60.2 Å². The minimum atomic E-state index is -0.142. The Kier molecular flexibility index (Phi) is 5.09. The molecule has 6 heteroatoms. The summed E-state index contributed by atoms with van der Waals surface area (Å²) in [4.78, 5) is 18.5. The lowest BCUT2D eigenvalue weighted by Crippen LogP contribution is -2.37. The largest absolute Gasteiger partial charge is 0.484 e. The highest BCUT2D eigenvalue weighted by Crippen LogP contribution is 2.25. The van der Waals surface area contributed by atoms with Gasteiger partial charge in [0, 0.05) is 0 Å². The summed E-state index contributed by atoms with van der Waals surface area (Å²) in [6.45, 7) is 4.21. The maximum absolute atomic E-state index is 12.9. The van der Waals surface area contributed by atoms with Crippen molar-refractivity contribution in [3.05, 3.63) is 72.3 Å². The number of nitrogens with zero attached hydrogens (tertiary/aromatic N) is 4. The van der Waals surface area contributed by atoms with Gasteiger partial charge in [-0.25, -0.2) is 9.67 Å². The summed E-state index contributed by atoms with van der Waals surface area (Å²) in [5.41, 5.74) is 2.92. The molecule has 0 unspecified atom stereocenters. The third-order valence-corrected chi connectivity index (χ3v) is 3.87. The molecule has 0 radical (unpaired) electrons. The molecule has 128 valence electrons. The smallest absolute Gasteiger partial charge is 0.266 e. The molecule has 1 aromatic heterocycles. The number of aryl methyl sites for hydroxylation is 2. The fourth-order valence-corrected chi connectivity index (χ4v) is 2.70. The van der Waals surface area contributed by atoms with E-state index in [9.17, 15) is 4.79 Å². The molecule has 0 spiro atoms. The second-order valence-corrected chi connectivity index (χ2v) is 5.74. The average Bonchev–Trinajstić information content (AvgIpc) is 3.13. The number of para-hydroxylation sites is 2. The van der Waals surface area contributed by atoms with Gasteiger partial charge in [0.1, 0.15) is 25.1 Å². The number of anilines is 1. The van der Waals surface area contributed by atoms with Gasteiger partial charge in [0.2, 0.25) is 0 Å². The standard InChI is InChI=1S/C19H20N4O2/c1-15-7-6-8-16(2)19(15)23(14-22-13-20-12-21-22)18(24)11-25-17-9-4-3-5-10-17/h3-10,12-13H,11,14H2,1-2H3. The van der Waals surface area contributed by atoms with Gasteiger partial charge in [-0.05, 0) is 37.1 Å². The molecule has 0 saturated carbocycles. The fraction of sp³-hybridized carbons (Fsp3) is 0.211. The van der Waals surface area contributed by atoms with Gasteiger partial charge in [-0.2, -0.15) is 5.10 Å². The Balaban J connectivity index is 1.84. The first-order chi connectivity index (χ1) is 12.1. The van der Waals surface area contributed by atoms with Gasteiger partial charge < -0.3 is 4.74 Å². The zero-order chi connectivity index (χ0) is 17.6. The average molecular weight is 336 g/mol. The van der Waals surface area contributed by atoms with Crippen LogP contribution < -0.4 is 9.64 Å². The number of benzene rings is 2. The first kappa shape index (κ1) is 16.7. The van der Waals surface area contributed by atoms with Crippen molar-refractivity contribution >= 4 is 11.6 Å². The van der Waals surface area contributed by atoms with Crippen molar-refractivity contribution in [1.29, 1.82) is 0 Å². The summed E-state index contributed by atoms with van der Waals surface area (Å²) in [5, 5.41) is 4.11. The minimum absolute atomic E-state index is 0.0491. The van der Waals surface area contributed by atoms with E-state index in [0.29, 0.717) is 5.75 Å². The van der Waals surface area contributed by atoms with Crippen LogP contribution in [0.15, 0.2) is 61.2 Å². The van der Waals surface area contributed by atoms with E-state index in [1.165, 1.54) is 6.33 Å². The fourth-order valence-electron chi connectivity index (χ4n) is 2.70. The number of carbonyl (C=O) groups is 1. The Hall–Kier alpha value is -3.15. The van der Waals surface area contributed by atoms with Crippen LogP contribution in [0.5, 0.6) is 5.75 Å². The van der Waals surface area contributed by atoms with Gasteiger partial charge in [-0.15, -0.1) is 0 Å². The molecule has 25 heavy (non-hydrogen) atoms. The number of hydrogen-bond acceptors (Lipinski definition) is 4. The van der Waals surface area contributed by atoms with E-state index in [1.54, 1.807) is 15.9 Å². The van der Waals surface area contributed by atoms with E-state index in [1.807, 2.05) is 62.4 Å². The molecule has 3 rings (SSSR count). The van der Waals surface area contributed by atoms with Crippen LogP contribution in [-0.4, -0.2) is 27.3 Å². The molecule has 0 fully saturated rings. The molecule has 6 nitrogen and oxygen atoms in total. The summed E-state index contributed by atoms with van der Waals surface area (Å²) < 4.78 is 7.25. The number of ether oxygens (including phenoxy) is 1. The predicted molar refractivity (Wildman–Crippen MR) is 95.4 cm³/mol. The first-order valence-corrected chi connectivity index (χ1v) is 8.02. The van der Waals surface area contributed by atoms with Gasteiger partial charge in [-0.3, -0.25) is 9.69 Å². The van der Waals surface area contributed by atoms with Crippen molar-refractivity contribution in [2.75, 3.05) is 11.5 Å². The van der Waals surface area contributed by atoms with Crippen molar-refractivity contribution in [2.24, 2.45) is 0 Å². The number of hydrogen-bond donors (Lipinski definition) is 0. The lowest BCUT2D eigenvalue weighted by Gasteiger charge is -2.26. The zero-order valence-electron chi connectivity index (χ0n) is 14.3. The van der Waals surface area contributed by atoms with E-state index in [4.69, 9.17) is 4.74 Å². The maximum atomic E-state index is 12.9. The lowest BCUT2D eigenvalue weighted by atomic mass is 10.1. The molecular formula is C19H20N4O2. The second-order valence-electron chi connectivity index (χ2n) is 5.74. The molecule has 0 atom stereocenters. The molecule has 3 aromatic rings. The Morgan fingerprint density at radius 3 is 2.44 bits per heavy atom. The first-order valence-electron chi connectivity index (χ1n) is 8.02. The predicted octanol–water partition coefficient (Wildman–Crippen LogP) is 2.96. The van der Waals surface area contributed by atoms with E-state index in [2.05, 4.69) is 10.1 Å². The Morgan fingerprint density at radius 2 is 1.80 bits per heavy atom. The van der Waals surface area contributed by atoms with Gasteiger partial charge in [0.25, 0.3) is 5.91 Å². The van der Waals surface area contributed by atoms with Gasteiger partial charge in [0.05, 0.1) is 5.69 Å². The van der Waals surface area contributed by atoms with E-state index in [-0.39, 0.29) is 19.2 Å². The van der Waals surface area contributed by atoms with Crippen LogP contribution in [0.4, 0.5) is 5.69 Å². The highest BCUT2D eigenvalue weighted by Gasteiger charge is 2.20. The Bertz CT molecular complexity index is 812. The van der Waals surface area contributed by atoms with Gasteiger partial charge in [0.15, 0.2) is 6.61 Å². The summed E-state index contributed by atoms with van der Waals surface area (Å²) in [5.74, 6) is 0.523. The number of amides is 1. The van der Waals surface area contributed by atoms with Crippen molar-refractivity contribution in [2.45, 2.75) is 20.5 Å². The summed E-state index contributed by atoms with van der Waals surface area (Å²) in [7, 11) is 0. The third-order valence-electron chi connectivity index (χ3n) is 3.87. The van der Waals surface area contributed by atoms with E-state index in [0.717, 1.165) is 16.8 Å². The molecular weight excluding hydrogens is 316 g/mol. The normalized spacial score (nSPS) is 10.5. The molecule has 0 saturated heterocycles. The second kappa shape index (κ2) is 7.61. The summed E-state index contributed by atoms with van der Waals surface area (Å²) >= 11 is 0. The Labute approximate surface area is 146 Å². The van der Waals surface area contributed by atoms with Crippen LogP contribution in [0.1, 0.15) is 11.1 Å². The van der Waals surface area contributed by atoms with Crippen molar-refractivity contribution in [3.63, 3.8) is 0 Å². The molecule has 1 amide bonds. The van der Waals surface area contributed by atoms with Crippen LogP contribution in [0.2, 0.25) is 0 Å². The lowest BCUT2D eigenvalue weighted by molar-refractivity contribution is -0.121. The highest BCUT2D eigenvalue weighted by molar-refractivity contribution is 5.95. The van der Waals surface area contributed by atoms with Crippen LogP contribution in [0, 0.1) is 13.8 Å². The number of rotatable bonds is 6. The molecule has 0 aliphatic carbocycles. The van der Waals surface area contributed by atoms with Gasteiger partial charge >= 0.3 is 0 Å². The SMILES string of the molecule is Cc1cccc(C)c1N(Cn1cncn1)C(=O)COc1ccccc1.